The number of hydrogen-bond acceptors (Lipinski definition) is 6. The van der Waals surface area contributed by atoms with Crippen molar-refractivity contribution in [3.05, 3.63) is 36.0 Å². The van der Waals surface area contributed by atoms with Crippen molar-refractivity contribution < 1.29 is 27.5 Å². The maximum absolute atomic E-state index is 13.3. The van der Waals surface area contributed by atoms with Crippen LogP contribution in [-0.2, 0) is 30.6 Å². The van der Waals surface area contributed by atoms with Crippen molar-refractivity contribution in [3.63, 3.8) is 0 Å². The number of sulfone groups is 1. The van der Waals surface area contributed by atoms with Crippen LogP contribution in [0.2, 0.25) is 0 Å². The largest absolute Gasteiger partial charge is 0.376 e. The number of H-pyrrole nitrogens is 1. The number of amides is 4. The van der Waals surface area contributed by atoms with E-state index < -0.39 is 46.3 Å². The van der Waals surface area contributed by atoms with Gasteiger partial charge in [0.05, 0.1) is 17.6 Å². The van der Waals surface area contributed by atoms with Crippen LogP contribution >= 0.6 is 0 Å². The summed E-state index contributed by atoms with van der Waals surface area (Å²) in [6, 6.07) is 5.86. The first-order valence-corrected chi connectivity index (χ1v) is 13.4. The molecule has 2 aromatic rings. The van der Waals surface area contributed by atoms with Crippen LogP contribution in [-0.4, -0.2) is 90.4 Å². The number of para-hydroxylation sites is 1. The molecule has 182 valence electrons. The molecule has 3 aliphatic rings. The number of aromatic amines is 1. The van der Waals surface area contributed by atoms with Crippen molar-refractivity contribution in [1.82, 2.24) is 20.1 Å². The fraction of sp³-hybridized carbons (Fsp3) is 0.522. The number of benzene rings is 1. The van der Waals surface area contributed by atoms with Crippen molar-refractivity contribution in [2.45, 2.75) is 43.9 Å². The number of hydrogen-bond donors (Lipinski definition) is 2. The summed E-state index contributed by atoms with van der Waals surface area (Å²) in [5.74, 6) is -0.967. The first-order chi connectivity index (χ1) is 16.3. The molecule has 5 rings (SSSR count). The molecule has 11 heteroatoms. The summed E-state index contributed by atoms with van der Waals surface area (Å²) in [5.41, 5.74) is 1.84. The third-order valence-corrected chi connectivity index (χ3v) is 8.64. The van der Waals surface area contributed by atoms with E-state index in [4.69, 9.17) is 4.74 Å². The summed E-state index contributed by atoms with van der Waals surface area (Å²) in [5, 5.41) is 3.67. The van der Waals surface area contributed by atoms with Crippen molar-refractivity contribution in [3.8, 4) is 0 Å². The van der Waals surface area contributed by atoms with Crippen molar-refractivity contribution in [2.75, 3.05) is 31.2 Å². The summed E-state index contributed by atoms with van der Waals surface area (Å²) in [6.45, 7) is 0.456. The standard InChI is InChI=1S/C23H28N4O6S/c28-21(26(12-17-4-3-8-33-17)16-7-9-34(31,32)14-16)13-27-22(29)20(25-23(27)30)10-15-11-24-19-6-2-1-5-18(15)19/h1-2,5-6,11,16-17,20,24H,3-4,7-10,12-14H2,(H,25,30)/t16-,17-,20-/m1/s1. The average molecular weight is 489 g/mol. The summed E-state index contributed by atoms with van der Waals surface area (Å²) in [4.78, 5) is 44.5. The maximum atomic E-state index is 13.3. The van der Waals surface area contributed by atoms with Crippen molar-refractivity contribution in [2.24, 2.45) is 0 Å². The molecule has 3 saturated heterocycles. The summed E-state index contributed by atoms with van der Waals surface area (Å²) in [7, 11) is -3.21. The highest BCUT2D eigenvalue weighted by atomic mass is 32.2. The minimum atomic E-state index is -3.21. The minimum absolute atomic E-state index is 0.0306. The Balaban J connectivity index is 1.29. The zero-order valence-electron chi connectivity index (χ0n) is 18.7. The number of rotatable bonds is 7. The van der Waals surface area contributed by atoms with Gasteiger partial charge in [-0.1, -0.05) is 18.2 Å². The summed E-state index contributed by atoms with van der Waals surface area (Å²) >= 11 is 0. The molecule has 4 amide bonds. The maximum Gasteiger partial charge on any atom is 0.325 e. The molecule has 0 aliphatic carbocycles. The molecule has 3 fully saturated rings. The Labute approximate surface area is 197 Å². The average Bonchev–Trinajstić information content (AvgIpc) is 3.58. The van der Waals surface area contributed by atoms with Crippen LogP contribution in [0.3, 0.4) is 0 Å². The molecule has 0 spiro atoms. The van der Waals surface area contributed by atoms with Gasteiger partial charge in [0, 0.05) is 42.7 Å². The van der Waals surface area contributed by atoms with Gasteiger partial charge in [0.25, 0.3) is 5.91 Å². The predicted molar refractivity (Wildman–Crippen MR) is 124 cm³/mol. The first kappa shape index (κ1) is 22.9. The predicted octanol–water partition coefficient (Wildman–Crippen LogP) is 0.826. The highest BCUT2D eigenvalue weighted by molar-refractivity contribution is 7.91. The topological polar surface area (TPSA) is 129 Å². The molecule has 1 aromatic carbocycles. The lowest BCUT2D eigenvalue weighted by atomic mass is 10.1. The molecular formula is C23H28N4O6S. The lowest BCUT2D eigenvalue weighted by Crippen LogP contribution is -2.50. The number of fused-ring (bicyclic) bond motifs is 1. The third-order valence-electron chi connectivity index (χ3n) is 6.89. The molecule has 0 saturated carbocycles. The zero-order chi connectivity index (χ0) is 23.9. The first-order valence-electron chi connectivity index (χ1n) is 11.6. The van der Waals surface area contributed by atoms with Crippen LogP contribution in [0, 0.1) is 0 Å². The Kier molecular flexibility index (Phi) is 6.07. The molecule has 2 N–H and O–H groups in total. The van der Waals surface area contributed by atoms with E-state index >= 15 is 0 Å². The van der Waals surface area contributed by atoms with Crippen LogP contribution < -0.4 is 5.32 Å². The Hall–Kier alpha value is -2.92. The fourth-order valence-corrected chi connectivity index (χ4v) is 6.83. The molecule has 1 aromatic heterocycles. The normalized spacial score (nSPS) is 26.4. The Morgan fingerprint density at radius 2 is 2.03 bits per heavy atom. The molecule has 4 heterocycles. The van der Waals surface area contributed by atoms with Crippen LogP contribution in [0.1, 0.15) is 24.8 Å². The highest BCUT2D eigenvalue weighted by Crippen LogP contribution is 2.24. The van der Waals surface area contributed by atoms with E-state index in [1.54, 1.807) is 0 Å². The second kappa shape index (κ2) is 9.03. The van der Waals surface area contributed by atoms with Crippen molar-refractivity contribution >= 4 is 38.6 Å². The molecule has 10 nitrogen and oxygen atoms in total. The van der Waals surface area contributed by atoms with Crippen LogP contribution in [0.5, 0.6) is 0 Å². The monoisotopic (exact) mass is 488 g/mol. The quantitative estimate of drug-likeness (QED) is 0.556. The lowest BCUT2D eigenvalue weighted by Gasteiger charge is -2.31. The number of imide groups is 1. The smallest absolute Gasteiger partial charge is 0.325 e. The van der Waals surface area contributed by atoms with Gasteiger partial charge in [0.15, 0.2) is 9.84 Å². The van der Waals surface area contributed by atoms with Gasteiger partial charge in [-0.3, -0.25) is 14.5 Å². The fourth-order valence-electron chi connectivity index (χ4n) is 5.09. The van der Waals surface area contributed by atoms with Gasteiger partial charge in [0.1, 0.15) is 12.6 Å². The second-order valence-corrected chi connectivity index (χ2v) is 11.5. The minimum Gasteiger partial charge on any atom is -0.376 e. The van der Waals surface area contributed by atoms with Crippen LogP contribution in [0.15, 0.2) is 30.5 Å². The van der Waals surface area contributed by atoms with Gasteiger partial charge < -0.3 is 19.9 Å². The van der Waals surface area contributed by atoms with Crippen LogP contribution in [0.4, 0.5) is 4.79 Å². The van der Waals surface area contributed by atoms with Crippen molar-refractivity contribution in [1.29, 1.82) is 0 Å². The highest BCUT2D eigenvalue weighted by Gasteiger charge is 2.42. The molecule has 3 aliphatic heterocycles. The number of carbonyl (C=O) groups excluding carboxylic acids is 3. The molecule has 34 heavy (non-hydrogen) atoms. The number of carbonyl (C=O) groups is 3. The molecule has 0 unspecified atom stereocenters. The van der Waals surface area contributed by atoms with E-state index in [1.165, 1.54) is 4.90 Å². The molecular weight excluding hydrogens is 460 g/mol. The second-order valence-electron chi connectivity index (χ2n) is 9.23. The van der Waals surface area contributed by atoms with E-state index in [9.17, 15) is 22.8 Å². The molecule has 3 atom stereocenters. The van der Waals surface area contributed by atoms with Gasteiger partial charge >= 0.3 is 6.03 Å². The number of urea groups is 1. The Bertz CT molecular complexity index is 1220. The van der Waals surface area contributed by atoms with E-state index in [-0.39, 0.29) is 24.2 Å². The van der Waals surface area contributed by atoms with Gasteiger partial charge in [-0.25, -0.2) is 13.2 Å². The SMILES string of the molecule is O=C1N[C@H](Cc2c[nH]c3ccccc23)C(=O)N1CC(=O)N(C[C@H]1CCCO1)[C@@H]1CCS(=O)(=O)C1. The number of nitrogens with zero attached hydrogens (tertiary/aromatic N) is 2. The van der Waals surface area contributed by atoms with E-state index in [0.717, 1.165) is 34.2 Å². The molecule has 0 radical (unpaired) electrons. The van der Waals surface area contributed by atoms with E-state index in [2.05, 4.69) is 10.3 Å². The van der Waals surface area contributed by atoms with E-state index in [0.29, 0.717) is 19.4 Å². The summed E-state index contributed by atoms with van der Waals surface area (Å²) < 4.78 is 29.7. The van der Waals surface area contributed by atoms with Crippen LogP contribution in [0.25, 0.3) is 10.9 Å². The molecule has 0 bridgehead atoms. The van der Waals surface area contributed by atoms with Gasteiger partial charge in [-0.05, 0) is 30.9 Å². The van der Waals surface area contributed by atoms with E-state index in [1.807, 2.05) is 30.5 Å². The summed E-state index contributed by atoms with van der Waals surface area (Å²) in [6.07, 6.45) is 3.99. The third kappa shape index (κ3) is 4.54. The number of ether oxygens (including phenoxy) is 1. The van der Waals surface area contributed by atoms with Gasteiger partial charge in [0.2, 0.25) is 5.91 Å². The zero-order valence-corrected chi connectivity index (χ0v) is 19.6. The number of nitrogens with one attached hydrogen (secondary N) is 2. The lowest BCUT2D eigenvalue weighted by molar-refractivity contribution is -0.139. The van der Waals surface area contributed by atoms with Gasteiger partial charge in [-0.2, -0.15) is 0 Å². The Morgan fingerprint density at radius 1 is 1.21 bits per heavy atom. The van der Waals surface area contributed by atoms with Gasteiger partial charge in [-0.15, -0.1) is 0 Å². The Morgan fingerprint density at radius 3 is 2.76 bits per heavy atom. The number of aromatic nitrogens is 1.